The van der Waals surface area contributed by atoms with Crippen molar-refractivity contribution in [2.75, 3.05) is 5.32 Å². The lowest BCUT2D eigenvalue weighted by atomic mass is 9.96. The van der Waals surface area contributed by atoms with E-state index < -0.39 is 30.3 Å². The van der Waals surface area contributed by atoms with Crippen LogP contribution in [0.3, 0.4) is 0 Å². The van der Waals surface area contributed by atoms with Gasteiger partial charge < -0.3 is 15.3 Å². The maximum Gasteiger partial charge on any atom is 0.322 e. The van der Waals surface area contributed by atoms with Crippen LogP contribution in [-0.4, -0.2) is 42.9 Å². The van der Waals surface area contributed by atoms with E-state index in [-0.39, 0.29) is 41.5 Å². The van der Waals surface area contributed by atoms with E-state index in [2.05, 4.69) is 31.3 Å². The molecule has 0 spiro atoms. The number of nitrogens with one attached hydrogen (secondary N) is 1. The molecule has 0 saturated heterocycles. The quantitative estimate of drug-likeness (QED) is 0.621. The molecule has 4 rings (SSSR count). The summed E-state index contributed by atoms with van der Waals surface area (Å²) in [5.74, 6) is -3.97. The third kappa shape index (κ3) is 3.61. The number of carbonyl (C=O) groups is 1. The molecule has 2 N–H and O–H groups in total. The number of aliphatic hydroxyl groups is 1. The molecule has 2 aliphatic rings. The molecule has 11 heteroatoms. The van der Waals surface area contributed by atoms with E-state index in [0.29, 0.717) is 17.7 Å². The molecule has 0 aromatic carbocycles. The zero-order chi connectivity index (χ0) is 20.9. The SMILES string of the molecule is CC1Cc2nn3c(c2CN1C(=O)Nc1ccnc(Br)c1F)C(F)(F)C[C@H](O)CC3. The maximum absolute atomic E-state index is 14.8. The summed E-state index contributed by atoms with van der Waals surface area (Å²) in [6.07, 6.45) is 0.0493. The van der Waals surface area contributed by atoms with E-state index in [9.17, 15) is 23.1 Å². The number of rotatable bonds is 1. The van der Waals surface area contributed by atoms with E-state index in [0.717, 1.165) is 0 Å². The second-order valence-electron chi connectivity index (χ2n) is 7.42. The Morgan fingerprint density at radius 2 is 2.21 bits per heavy atom. The fraction of sp³-hybridized carbons (Fsp3) is 0.500. The molecule has 0 saturated carbocycles. The Bertz CT molecular complexity index is 967. The number of nitrogens with zero attached hydrogens (tertiary/aromatic N) is 4. The first-order chi connectivity index (χ1) is 13.7. The number of carbonyl (C=O) groups excluding carboxylic acids is 1. The molecule has 2 aromatic rings. The van der Waals surface area contributed by atoms with Gasteiger partial charge in [-0.25, -0.2) is 14.2 Å². The molecule has 7 nitrogen and oxygen atoms in total. The molecule has 4 heterocycles. The lowest BCUT2D eigenvalue weighted by molar-refractivity contribution is -0.0509. The predicted octanol–water partition coefficient (Wildman–Crippen LogP) is 3.40. The Morgan fingerprint density at radius 3 is 2.97 bits per heavy atom. The van der Waals surface area contributed by atoms with E-state index in [1.54, 1.807) is 6.92 Å². The number of hydrogen-bond donors (Lipinski definition) is 2. The van der Waals surface area contributed by atoms with Gasteiger partial charge in [0.05, 0.1) is 24.0 Å². The second-order valence-corrected chi connectivity index (χ2v) is 8.17. The third-order valence-electron chi connectivity index (χ3n) is 5.34. The van der Waals surface area contributed by atoms with Gasteiger partial charge in [-0.3, -0.25) is 4.68 Å². The van der Waals surface area contributed by atoms with Crippen LogP contribution in [-0.2, 0) is 25.4 Å². The van der Waals surface area contributed by atoms with Crippen molar-refractivity contribution in [1.29, 1.82) is 0 Å². The summed E-state index contributed by atoms with van der Waals surface area (Å²) in [7, 11) is 0. The molecule has 0 radical (unpaired) electrons. The van der Waals surface area contributed by atoms with E-state index in [1.165, 1.54) is 21.8 Å². The number of amides is 2. The Kier molecular flexibility index (Phi) is 5.06. The molecule has 0 bridgehead atoms. The molecule has 2 atom stereocenters. The number of aromatic nitrogens is 3. The number of aryl methyl sites for hydroxylation is 1. The van der Waals surface area contributed by atoms with Gasteiger partial charge in [0.25, 0.3) is 5.92 Å². The van der Waals surface area contributed by atoms with Gasteiger partial charge >= 0.3 is 6.03 Å². The van der Waals surface area contributed by atoms with Gasteiger partial charge in [0.15, 0.2) is 5.82 Å². The number of alkyl halides is 2. The molecule has 156 valence electrons. The molecular formula is C18H19BrF3N5O2. The molecular weight excluding hydrogens is 455 g/mol. The lowest BCUT2D eigenvalue weighted by Gasteiger charge is -2.33. The van der Waals surface area contributed by atoms with Crippen molar-refractivity contribution in [3.8, 4) is 0 Å². The van der Waals surface area contributed by atoms with E-state index in [1.807, 2.05) is 0 Å². The van der Waals surface area contributed by atoms with Crippen molar-refractivity contribution in [1.82, 2.24) is 19.7 Å². The van der Waals surface area contributed by atoms with Crippen molar-refractivity contribution in [2.24, 2.45) is 0 Å². The molecule has 0 aliphatic carbocycles. The minimum atomic E-state index is -3.25. The molecule has 2 amide bonds. The van der Waals surface area contributed by atoms with Crippen LogP contribution in [0.2, 0.25) is 0 Å². The second kappa shape index (κ2) is 7.28. The summed E-state index contributed by atoms with van der Waals surface area (Å²) in [5.41, 5.74) is 0.530. The Morgan fingerprint density at radius 1 is 1.45 bits per heavy atom. The summed E-state index contributed by atoms with van der Waals surface area (Å²) in [6, 6.07) is 0.408. The van der Waals surface area contributed by atoms with Gasteiger partial charge in [-0.05, 0) is 35.3 Å². The van der Waals surface area contributed by atoms with Crippen molar-refractivity contribution in [2.45, 2.75) is 57.3 Å². The summed E-state index contributed by atoms with van der Waals surface area (Å²) < 4.78 is 45.0. The van der Waals surface area contributed by atoms with Gasteiger partial charge in [-0.15, -0.1) is 0 Å². The lowest BCUT2D eigenvalue weighted by Crippen LogP contribution is -2.45. The number of fused-ring (bicyclic) bond motifs is 3. The van der Waals surface area contributed by atoms with E-state index >= 15 is 0 Å². The van der Waals surface area contributed by atoms with Crippen molar-refractivity contribution in [3.63, 3.8) is 0 Å². The number of aliphatic hydroxyl groups excluding tert-OH is 1. The first-order valence-electron chi connectivity index (χ1n) is 9.20. The number of halogens is 4. The average Bonchev–Trinajstić information content (AvgIpc) is 2.95. The number of pyridine rings is 1. The minimum Gasteiger partial charge on any atom is -0.393 e. The van der Waals surface area contributed by atoms with Crippen LogP contribution in [0.25, 0.3) is 0 Å². The molecule has 1 unspecified atom stereocenters. The topological polar surface area (TPSA) is 83.3 Å². The first-order valence-corrected chi connectivity index (χ1v) is 9.99. The molecule has 2 aliphatic heterocycles. The van der Waals surface area contributed by atoms with Gasteiger partial charge in [0.2, 0.25) is 0 Å². The van der Waals surface area contributed by atoms with Crippen molar-refractivity contribution in [3.05, 3.63) is 39.6 Å². The highest BCUT2D eigenvalue weighted by molar-refractivity contribution is 9.10. The Labute approximate surface area is 173 Å². The van der Waals surface area contributed by atoms with Gasteiger partial charge in [0.1, 0.15) is 10.3 Å². The molecule has 2 aromatic heterocycles. The standard InChI is InChI=1S/C18H19BrF3N5O2/c1-9-6-13-11(15-18(21,22)7-10(28)3-5-27(15)25-13)8-26(9)17(29)24-12-2-4-23-16(19)14(12)20/h2,4,9-10,28H,3,5-8H2,1H3,(H,23,24,29)/t9?,10-/m1/s1. The average molecular weight is 474 g/mol. The third-order valence-corrected chi connectivity index (χ3v) is 5.90. The van der Waals surface area contributed by atoms with Crippen LogP contribution >= 0.6 is 15.9 Å². The number of anilines is 1. The summed E-state index contributed by atoms with van der Waals surface area (Å²) in [5, 5.41) is 16.6. The fourth-order valence-electron chi connectivity index (χ4n) is 3.91. The zero-order valence-electron chi connectivity index (χ0n) is 15.5. The highest BCUT2D eigenvalue weighted by Gasteiger charge is 2.45. The smallest absolute Gasteiger partial charge is 0.322 e. The normalized spacial score (nSPS) is 23.2. The van der Waals surface area contributed by atoms with Crippen LogP contribution < -0.4 is 5.32 Å². The van der Waals surface area contributed by atoms with Gasteiger partial charge in [-0.2, -0.15) is 13.9 Å². The summed E-state index contributed by atoms with van der Waals surface area (Å²) >= 11 is 2.96. The summed E-state index contributed by atoms with van der Waals surface area (Å²) in [6.45, 7) is 1.90. The largest absolute Gasteiger partial charge is 0.393 e. The van der Waals surface area contributed by atoms with Gasteiger partial charge in [-0.1, -0.05) is 0 Å². The first kappa shape index (κ1) is 20.1. The monoisotopic (exact) mass is 473 g/mol. The maximum atomic E-state index is 14.8. The van der Waals surface area contributed by atoms with Crippen LogP contribution in [0.15, 0.2) is 16.9 Å². The van der Waals surface area contributed by atoms with Crippen LogP contribution in [0.5, 0.6) is 0 Å². The molecule has 0 fully saturated rings. The van der Waals surface area contributed by atoms with Crippen molar-refractivity contribution >= 4 is 27.6 Å². The predicted molar refractivity (Wildman–Crippen MR) is 101 cm³/mol. The fourth-order valence-corrected chi connectivity index (χ4v) is 4.24. The van der Waals surface area contributed by atoms with Crippen molar-refractivity contribution < 1.29 is 23.1 Å². The highest BCUT2D eigenvalue weighted by atomic mass is 79.9. The molecule has 29 heavy (non-hydrogen) atoms. The summed E-state index contributed by atoms with van der Waals surface area (Å²) in [4.78, 5) is 17.9. The Balaban J connectivity index is 1.64. The van der Waals surface area contributed by atoms with Crippen LogP contribution in [0, 0.1) is 5.82 Å². The number of urea groups is 1. The van der Waals surface area contributed by atoms with E-state index in [4.69, 9.17) is 0 Å². The number of hydrogen-bond acceptors (Lipinski definition) is 4. The Hall–Kier alpha value is -2.14. The van der Waals surface area contributed by atoms with Crippen LogP contribution in [0.4, 0.5) is 23.7 Å². The highest BCUT2D eigenvalue weighted by Crippen LogP contribution is 2.41. The zero-order valence-corrected chi connectivity index (χ0v) is 17.1. The van der Waals surface area contributed by atoms with Crippen LogP contribution in [0.1, 0.15) is 36.7 Å². The minimum absolute atomic E-state index is 0.0376. The van der Waals surface area contributed by atoms with Gasteiger partial charge in [0, 0.05) is 37.2 Å².